The molecule has 1 aromatic carbocycles. The molecule has 8 nitrogen and oxygen atoms in total. The number of carbonyl (C=O) groups excluding carboxylic acids is 2. The van der Waals surface area contributed by atoms with Crippen molar-refractivity contribution in [1.82, 2.24) is 10.6 Å². The van der Waals surface area contributed by atoms with E-state index in [4.69, 9.17) is 18.9 Å². The van der Waals surface area contributed by atoms with Gasteiger partial charge < -0.3 is 29.6 Å². The summed E-state index contributed by atoms with van der Waals surface area (Å²) in [5.74, 6) is 0.375. The van der Waals surface area contributed by atoms with Gasteiger partial charge in [0, 0.05) is 6.54 Å². The summed E-state index contributed by atoms with van der Waals surface area (Å²) in [6.07, 6.45) is -1.67. The summed E-state index contributed by atoms with van der Waals surface area (Å²) in [6, 6.07) is 8.82. The number of ether oxygens (including phenoxy) is 4. The standard InChI is InChI=1S/C17H22N2O6/c1-2-18-17(21)25-13-9-24-15-12(8-23-16(13)15)19-14(20)10-22-11-6-4-3-5-7-11/h3-7,12-13,15-16H,2,8-10H2,1H3,(H,18,21)(H,19,20). The van der Waals surface area contributed by atoms with Gasteiger partial charge in [-0.15, -0.1) is 0 Å². The van der Waals surface area contributed by atoms with Crippen LogP contribution in [0.4, 0.5) is 4.79 Å². The summed E-state index contributed by atoms with van der Waals surface area (Å²) in [7, 11) is 0. The fourth-order valence-electron chi connectivity index (χ4n) is 2.93. The number of carbonyl (C=O) groups is 2. The highest BCUT2D eigenvalue weighted by Crippen LogP contribution is 2.29. The van der Waals surface area contributed by atoms with Crippen LogP contribution in [0.25, 0.3) is 0 Å². The molecule has 8 heteroatoms. The van der Waals surface area contributed by atoms with Crippen molar-refractivity contribution in [3.8, 4) is 5.75 Å². The molecule has 1 aromatic rings. The Hall–Kier alpha value is -2.32. The second kappa shape index (κ2) is 8.17. The van der Waals surface area contributed by atoms with Crippen molar-refractivity contribution < 1.29 is 28.5 Å². The average Bonchev–Trinajstić information content (AvgIpc) is 3.18. The quantitative estimate of drug-likeness (QED) is 0.774. The molecule has 3 rings (SSSR count). The van der Waals surface area contributed by atoms with Gasteiger partial charge in [0.05, 0.1) is 19.3 Å². The average molecular weight is 350 g/mol. The maximum absolute atomic E-state index is 12.1. The first-order valence-corrected chi connectivity index (χ1v) is 8.32. The number of nitrogens with one attached hydrogen (secondary N) is 2. The zero-order chi connectivity index (χ0) is 17.6. The predicted octanol–water partition coefficient (Wildman–Crippen LogP) is 0.463. The minimum Gasteiger partial charge on any atom is -0.484 e. The molecule has 4 unspecified atom stereocenters. The van der Waals surface area contributed by atoms with Crippen molar-refractivity contribution in [2.45, 2.75) is 31.3 Å². The first kappa shape index (κ1) is 17.5. The number of rotatable bonds is 6. The van der Waals surface area contributed by atoms with E-state index in [9.17, 15) is 9.59 Å². The highest BCUT2D eigenvalue weighted by Gasteiger charge is 2.49. The van der Waals surface area contributed by atoms with Gasteiger partial charge in [-0.05, 0) is 19.1 Å². The summed E-state index contributed by atoms with van der Waals surface area (Å²) < 4.78 is 22.0. The highest BCUT2D eigenvalue weighted by atomic mass is 16.6. The van der Waals surface area contributed by atoms with E-state index in [-0.39, 0.29) is 37.4 Å². The van der Waals surface area contributed by atoms with Crippen LogP contribution >= 0.6 is 0 Å². The zero-order valence-electron chi connectivity index (χ0n) is 14.0. The monoisotopic (exact) mass is 350 g/mol. The van der Waals surface area contributed by atoms with E-state index in [1.165, 1.54) is 0 Å². The van der Waals surface area contributed by atoms with Crippen LogP contribution in [0.1, 0.15) is 6.92 Å². The Morgan fingerprint density at radius 3 is 2.68 bits per heavy atom. The van der Waals surface area contributed by atoms with Gasteiger partial charge in [0.2, 0.25) is 0 Å². The molecule has 2 aliphatic rings. The summed E-state index contributed by atoms with van der Waals surface area (Å²) in [5.41, 5.74) is 0. The van der Waals surface area contributed by atoms with Gasteiger partial charge in [0.25, 0.3) is 5.91 Å². The summed E-state index contributed by atoms with van der Waals surface area (Å²) >= 11 is 0. The van der Waals surface area contributed by atoms with Crippen molar-refractivity contribution in [2.24, 2.45) is 0 Å². The summed E-state index contributed by atoms with van der Waals surface area (Å²) in [6.45, 7) is 2.77. The molecule has 136 valence electrons. The van der Waals surface area contributed by atoms with Gasteiger partial charge in [0.15, 0.2) is 12.7 Å². The molecule has 0 aliphatic carbocycles. The molecule has 25 heavy (non-hydrogen) atoms. The van der Waals surface area contributed by atoms with Crippen LogP contribution < -0.4 is 15.4 Å². The van der Waals surface area contributed by atoms with Crippen LogP contribution in [0.2, 0.25) is 0 Å². The molecular formula is C17H22N2O6. The SMILES string of the molecule is CCNC(=O)OC1COC2C(NC(=O)COc3ccccc3)COC12. The van der Waals surface area contributed by atoms with Crippen molar-refractivity contribution >= 4 is 12.0 Å². The molecule has 2 heterocycles. The number of alkyl carbamates (subject to hydrolysis) is 1. The van der Waals surface area contributed by atoms with E-state index in [0.717, 1.165) is 0 Å². The minimum absolute atomic E-state index is 0.0866. The third-order valence-electron chi connectivity index (χ3n) is 4.05. The van der Waals surface area contributed by atoms with E-state index in [2.05, 4.69) is 10.6 Å². The Kier molecular flexibility index (Phi) is 5.72. The number of hydrogen-bond donors (Lipinski definition) is 2. The molecule has 2 aliphatic heterocycles. The molecule has 0 bridgehead atoms. The Bertz CT molecular complexity index is 596. The van der Waals surface area contributed by atoms with E-state index < -0.39 is 12.2 Å². The predicted molar refractivity (Wildman–Crippen MR) is 87.3 cm³/mol. The maximum atomic E-state index is 12.1. The van der Waals surface area contributed by atoms with Crippen molar-refractivity contribution in [3.05, 3.63) is 30.3 Å². The van der Waals surface area contributed by atoms with Gasteiger partial charge in [-0.2, -0.15) is 0 Å². The van der Waals surface area contributed by atoms with E-state index in [1.54, 1.807) is 12.1 Å². The van der Waals surface area contributed by atoms with Gasteiger partial charge in [-0.25, -0.2) is 4.79 Å². The lowest BCUT2D eigenvalue weighted by Crippen LogP contribution is -2.46. The normalized spacial score (nSPS) is 27.4. The van der Waals surface area contributed by atoms with Crippen molar-refractivity contribution in [3.63, 3.8) is 0 Å². The van der Waals surface area contributed by atoms with Crippen molar-refractivity contribution in [2.75, 3.05) is 26.4 Å². The number of benzene rings is 1. The Balaban J connectivity index is 1.45. The molecule has 0 aromatic heterocycles. The number of para-hydroxylation sites is 1. The van der Waals surface area contributed by atoms with E-state index in [1.807, 2.05) is 25.1 Å². The van der Waals surface area contributed by atoms with Gasteiger partial charge in [-0.3, -0.25) is 4.79 Å². The molecule has 0 saturated carbocycles. The molecular weight excluding hydrogens is 328 g/mol. The largest absolute Gasteiger partial charge is 0.484 e. The second-order valence-electron chi connectivity index (χ2n) is 5.85. The summed E-state index contributed by atoms with van der Waals surface area (Å²) in [4.78, 5) is 23.6. The van der Waals surface area contributed by atoms with Crippen LogP contribution in [0, 0.1) is 0 Å². The van der Waals surface area contributed by atoms with Crippen LogP contribution in [-0.2, 0) is 19.0 Å². The Morgan fingerprint density at radius 1 is 1.16 bits per heavy atom. The van der Waals surface area contributed by atoms with E-state index >= 15 is 0 Å². The van der Waals surface area contributed by atoms with E-state index in [0.29, 0.717) is 18.9 Å². The summed E-state index contributed by atoms with van der Waals surface area (Å²) in [5, 5.41) is 5.42. The molecule has 2 fully saturated rings. The van der Waals surface area contributed by atoms with Crippen molar-refractivity contribution in [1.29, 1.82) is 0 Å². The molecule has 4 atom stereocenters. The Morgan fingerprint density at radius 2 is 1.92 bits per heavy atom. The third-order valence-corrected chi connectivity index (χ3v) is 4.05. The lowest BCUT2D eigenvalue weighted by Gasteiger charge is -2.18. The van der Waals surface area contributed by atoms with Crippen LogP contribution in [0.3, 0.4) is 0 Å². The first-order valence-electron chi connectivity index (χ1n) is 8.32. The smallest absolute Gasteiger partial charge is 0.407 e. The fraction of sp³-hybridized carbons (Fsp3) is 0.529. The minimum atomic E-state index is -0.496. The molecule has 2 N–H and O–H groups in total. The second-order valence-corrected chi connectivity index (χ2v) is 5.85. The molecule has 2 amide bonds. The fourth-order valence-corrected chi connectivity index (χ4v) is 2.93. The van der Waals surface area contributed by atoms with Crippen LogP contribution in [0.5, 0.6) is 5.75 Å². The Labute approximate surface area is 145 Å². The molecule has 0 radical (unpaired) electrons. The number of hydrogen-bond acceptors (Lipinski definition) is 6. The lowest BCUT2D eigenvalue weighted by atomic mass is 10.1. The zero-order valence-corrected chi connectivity index (χ0v) is 14.0. The van der Waals surface area contributed by atoms with Gasteiger partial charge >= 0.3 is 6.09 Å². The first-order chi connectivity index (χ1) is 12.2. The van der Waals surface area contributed by atoms with Gasteiger partial charge in [-0.1, -0.05) is 18.2 Å². The third kappa shape index (κ3) is 4.40. The van der Waals surface area contributed by atoms with Gasteiger partial charge in [0.1, 0.15) is 18.0 Å². The molecule has 2 saturated heterocycles. The highest BCUT2D eigenvalue weighted by molar-refractivity contribution is 5.78. The maximum Gasteiger partial charge on any atom is 0.407 e. The van der Waals surface area contributed by atoms with Crippen LogP contribution in [-0.4, -0.2) is 62.7 Å². The lowest BCUT2D eigenvalue weighted by molar-refractivity contribution is -0.124. The number of fused-ring (bicyclic) bond motifs is 1. The topological polar surface area (TPSA) is 95.1 Å². The van der Waals surface area contributed by atoms with Crippen LogP contribution in [0.15, 0.2) is 30.3 Å². The number of amides is 2. The molecule has 0 spiro atoms.